The van der Waals surface area contributed by atoms with E-state index in [-0.39, 0.29) is 5.91 Å². The van der Waals surface area contributed by atoms with Crippen molar-refractivity contribution in [1.82, 2.24) is 4.90 Å². The number of hydrogen-bond donors (Lipinski definition) is 1. The van der Waals surface area contributed by atoms with E-state index in [2.05, 4.69) is 0 Å². The molecule has 1 saturated carbocycles. The van der Waals surface area contributed by atoms with Crippen LogP contribution < -0.4 is 0 Å². The van der Waals surface area contributed by atoms with E-state index in [1.807, 2.05) is 22.4 Å². The number of hydrogen-bond acceptors (Lipinski definition) is 3. The minimum Gasteiger partial charge on any atom is -0.481 e. The van der Waals surface area contributed by atoms with E-state index in [1.165, 1.54) is 0 Å². The van der Waals surface area contributed by atoms with Gasteiger partial charge in [0.25, 0.3) is 0 Å². The van der Waals surface area contributed by atoms with Gasteiger partial charge in [-0.15, -0.1) is 11.3 Å². The minimum atomic E-state index is -0.910. The summed E-state index contributed by atoms with van der Waals surface area (Å²) in [6.45, 7) is 3.92. The van der Waals surface area contributed by atoms with E-state index in [0.717, 1.165) is 17.7 Å². The molecule has 0 spiro atoms. The van der Waals surface area contributed by atoms with E-state index in [1.54, 1.807) is 25.2 Å². The third kappa shape index (κ3) is 3.35. The summed E-state index contributed by atoms with van der Waals surface area (Å²) in [5.41, 5.74) is 0. The molecule has 1 fully saturated rings. The summed E-state index contributed by atoms with van der Waals surface area (Å²) in [5.74, 6) is -2.06. The summed E-state index contributed by atoms with van der Waals surface area (Å²) in [6, 6.07) is 4.29. The largest absolute Gasteiger partial charge is 0.481 e. The summed E-state index contributed by atoms with van der Waals surface area (Å²) < 4.78 is 0. The number of aliphatic carboxylic acids is 1. The Morgan fingerprint density at radius 2 is 2.11 bits per heavy atom. The smallest absolute Gasteiger partial charge is 0.307 e. The van der Waals surface area contributed by atoms with Crippen molar-refractivity contribution in [2.24, 2.45) is 11.8 Å². The van der Waals surface area contributed by atoms with Gasteiger partial charge in [0, 0.05) is 16.8 Å². The van der Waals surface area contributed by atoms with Crippen LogP contribution in [0.1, 0.15) is 31.6 Å². The Morgan fingerprint density at radius 1 is 1.42 bits per heavy atom. The van der Waals surface area contributed by atoms with Gasteiger partial charge in [-0.3, -0.25) is 9.59 Å². The Kier molecular flexibility index (Phi) is 4.24. The third-order valence-electron chi connectivity index (χ3n) is 3.71. The lowest BCUT2D eigenvalue weighted by molar-refractivity contribution is -0.149. The van der Waals surface area contributed by atoms with E-state index in [0.29, 0.717) is 12.6 Å². The zero-order chi connectivity index (χ0) is 14.0. The highest BCUT2D eigenvalue weighted by molar-refractivity contribution is 7.09. The van der Waals surface area contributed by atoms with Gasteiger partial charge in [-0.05, 0) is 24.3 Å². The van der Waals surface area contributed by atoms with Crippen LogP contribution in [0.15, 0.2) is 17.5 Å². The minimum absolute atomic E-state index is 0.0363. The number of carboxylic acid groups (broad SMARTS) is 1. The van der Waals surface area contributed by atoms with Crippen molar-refractivity contribution in [3.8, 4) is 0 Å². The van der Waals surface area contributed by atoms with Crippen molar-refractivity contribution in [1.29, 1.82) is 0 Å². The normalized spacial score (nSPS) is 17.8. The SMILES string of the molecule is CC(C(=O)O)C(C)C(=O)N(Cc1cccs1)C1CC1. The van der Waals surface area contributed by atoms with Crippen LogP contribution in [0, 0.1) is 11.8 Å². The zero-order valence-corrected chi connectivity index (χ0v) is 12.0. The van der Waals surface area contributed by atoms with Gasteiger partial charge in [0.05, 0.1) is 12.5 Å². The predicted molar refractivity (Wildman–Crippen MR) is 73.9 cm³/mol. The summed E-state index contributed by atoms with van der Waals surface area (Å²) in [7, 11) is 0. The van der Waals surface area contributed by atoms with Crippen LogP contribution in [0.2, 0.25) is 0 Å². The highest BCUT2D eigenvalue weighted by atomic mass is 32.1. The monoisotopic (exact) mass is 281 g/mol. The molecule has 5 heteroatoms. The molecule has 1 aromatic rings. The summed E-state index contributed by atoms with van der Waals surface area (Å²) in [6.07, 6.45) is 2.07. The highest BCUT2D eigenvalue weighted by Gasteiger charge is 2.37. The van der Waals surface area contributed by atoms with Crippen molar-refractivity contribution in [3.63, 3.8) is 0 Å². The first kappa shape index (κ1) is 14.1. The molecule has 2 atom stereocenters. The molecule has 0 radical (unpaired) electrons. The molecule has 4 nitrogen and oxygen atoms in total. The fraction of sp³-hybridized carbons (Fsp3) is 0.571. The van der Waals surface area contributed by atoms with Crippen LogP contribution in [0.25, 0.3) is 0 Å². The predicted octanol–water partition coefficient (Wildman–Crippen LogP) is 2.60. The molecule has 0 saturated heterocycles. The maximum atomic E-state index is 12.5. The van der Waals surface area contributed by atoms with Gasteiger partial charge in [0.1, 0.15) is 0 Å². The average molecular weight is 281 g/mol. The Hall–Kier alpha value is -1.36. The van der Waals surface area contributed by atoms with Crippen molar-refractivity contribution < 1.29 is 14.7 Å². The van der Waals surface area contributed by atoms with Crippen LogP contribution in [-0.2, 0) is 16.1 Å². The molecule has 0 bridgehead atoms. The molecule has 1 amide bonds. The van der Waals surface area contributed by atoms with E-state index in [4.69, 9.17) is 5.11 Å². The Morgan fingerprint density at radius 3 is 2.58 bits per heavy atom. The number of carbonyl (C=O) groups excluding carboxylic acids is 1. The maximum Gasteiger partial charge on any atom is 0.307 e. The molecule has 2 rings (SSSR count). The van der Waals surface area contributed by atoms with E-state index >= 15 is 0 Å². The summed E-state index contributed by atoms with van der Waals surface area (Å²) >= 11 is 1.63. The second-order valence-electron chi connectivity index (χ2n) is 5.19. The average Bonchev–Trinajstić information content (AvgIpc) is 3.10. The quantitative estimate of drug-likeness (QED) is 0.872. The van der Waals surface area contributed by atoms with Crippen LogP contribution in [0.3, 0.4) is 0 Å². The summed E-state index contributed by atoms with van der Waals surface area (Å²) in [5, 5.41) is 11.0. The highest BCUT2D eigenvalue weighted by Crippen LogP contribution is 2.31. The van der Waals surface area contributed by atoms with Crippen LogP contribution >= 0.6 is 11.3 Å². The standard InChI is InChI=1S/C14H19NO3S/c1-9(10(2)14(17)18)13(16)15(11-5-6-11)8-12-4-3-7-19-12/h3-4,7,9-11H,5-6,8H2,1-2H3,(H,17,18). The fourth-order valence-corrected chi connectivity index (χ4v) is 2.74. The molecular formula is C14H19NO3S. The molecule has 104 valence electrons. The molecule has 1 aromatic heterocycles. The molecular weight excluding hydrogens is 262 g/mol. The van der Waals surface area contributed by atoms with Crippen LogP contribution in [0.5, 0.6) is 0 Å². The first-order valence-electron chi connectivity index (χ1n) is 6.56. The second-order valence-corrected chi connectivity index (χ2v) is 6.22. The number of rotatable bonds is 6. The first-order chi connectivity index (χ1) is 9.00. The third-order valence-corrected chi connectivity index (χ3v) is 4.57. The first-order valence-corrected chi connectivity index (χ1v) is 7.44. The molecule has 0 aromatic carbocycles. The van der Waals surface area contributed by atoms with Gasteiger partial charge in [0.15, 0.2) is 0 Å². The van der Waals surface area contributed by atoms with Gasteiger partial charge in [0.2, 0.25) is 5.91 Å². The number of amides is 1. The maximum absolute atomic E-state index is 12.5. The molecule has 1 aliphatic carbocycles. The van der Waals surface area contributed by atoms with E-state index < -0.39 is 17.8 Å². The molecule has 19 heavy (non-hydrogen) atoms. The number of nitrogens with zero attached hydrogens (tertiary/aromatic N) is 1. The Bertz CT molecular complexity index is 453. The van der Waals surface area contributed by atoms with Gasteiger partial charge in [-0.2, -0.15) is 0 Å². The zero-order valence-electron chi connectivity index (χ0n) is 11.2. The molecule has 1 heterocycles. The van der Waals surface area contributed by atoms with Crippen molar-refractivity contribution in [2.75, 3.05) is 0 Å². The number of carboxylic acids is 1. The Labute approximate surface area is 117 Å². The number of carbonyl (C=O) groups is 2. The fourth-order valence-electron chi connectivity index (χ4n) is 2.03. The van der Waals surface area contributed by atoms with Gasteiger partial charge in [-0.25, -0.2) is 0 Å². The second kappa shape index (κ2) is 5.74. The van der Waals surface area contributed by atoms with Crippen molar-refractivity contribution >= 4 is 23.2 Å². The van der Waals surface area contributed by atoms with Gasteiger partial charge >= 0.3 is 5.97 Å². The van der Waals surface area contributed by atoms with Gasteiger partial charge < -0.3 is 10.0 Å². The van der Waals surface area contributed by atoms with Crippen molar-refractivity contribution in [2.45, 2.75) is 39.3 Å². The molecule has 1 N–H and O–H groups in total. The van der Waals surface area contributed by atoms with Crippen LogP contribution in [0.4, 0.5) is 0 Å². The van der Waals surface area contributed by atoms with Crippen LogP contribution in [-0.4, -0.2) is 27.9 Å². The lowest BCUT2D eigenvalue weighted by Crippen LogP contribution is -2.40. The number of thiophene rings is 1. The lowest BCUT2D eigenvalue weighted by Gasteiger charge is -2.27. The molecule has 1 aliphatic rings. The topological polar surface area (TPSA) is 57.6 Å². The Balaban J connectivity index is 2.06. The summed E-state index contributed by atoms with van der Waals surface area (Å²) in [4.78, 5) is 26.5. The van der Waals surface area contributed by atoms with E-state index in [9.17, 15) is 9.59 Å². The molecule has 2 unspecified atom stereocenters. The molecule has 0 aliphatic heterocycles. The van der Waals surface area contributed by atoms with Crippen molar-refractivity contribution in [3.05, 3.63) is 22.4 Å². The lowest BCUT2D eigenvalue weighted by atomic mass is 9.94. The van der Waals surface area contributed by atoms with Gasteiger partial charge in [-0.1, -0.05) is 19.9 Å².